The van der Waals surface area contributed by atoms with Crippen LogP contribution >= 0.6 is 0 Å². The molecule has 3 heterocycles. The molecule has 1 unspecified atom stereocenters. The second-order valence-corrected chi connectivity index (χ2v) is 14.0. The number of likely N-dealkylation sites (N-methyl/N-ethyl adjacent to an activating group) is 1. The second kappa shape index (κ2) is 27.4. The van der Waals surface area contributed by atoms with Crippen molar-refractivity contribution in [1.29, 1.82) is 0 Å². The van der Waals surface area contributed by atoms with Crippen molar-refractivity contribution in [3.05, 3.63) is 58.6 Å². The van der Waals surface area contributed by atoms with Crippen LogP contribution in [-0.2, 0) is 11.8 Å². The van der Waals surface area contributed by atoms with Crippen LogP contribution in [0.15, 0.2) is 36.1 Å². The Morgan fingerprint density at radius 1 is 0.885 bits per heavy atom. The molecule has 3 aromatic rings. The van der Waals surface area contributed by atoms with Crippen LogP contribution < -0.4 is 11.1 Å². The van der Waals surface area contributed by atoms with E-state index < -0.39 is 0 Å². The number of fused-ring (bicyclic) bond motifs is 1. The van der Waals surface area contributed by atoms with Crippen molar-refractivity contribution in [2.24, 2.45) is 12.8 Å². The van der Waals surface area contributed by atoms with Gasteiger partial charge in [0.05, 0.1) is 56.5 Å². The number of amides is 1. The summed E-state index contributed by atoms with van der Waals surface area (Å²) in [4.78, 5) is 22.7. The highest BCUT2D eigenvalue weighted by Gasteiger charge is 2.38. The molecule has 0 bridgehead atoms. The second-order valence-electron chi connectivity index (χ2n) is 14.0. The molecule has 1 fully saturated rings. The summed E-state index contributed by atoms with van der Waals surface area (Å²) in [7, 11) is 9.64. The average Bonchev–Trinajstić information content (AvgIpc) is 3.84. The SMILES string of the molecule is C1CCCC1.CC.CCC1C(c2cc(C(=O)Nc3nc4ccc(C)cc4n3C)cc(C)n2)=C(OC)CC[N+]1(C)C.CCCC.CCCCCC.CN. The Hall–Kier alpha value is -3.23. The summed E-state index contributed by atoms with van der Waals surface area (Å²) >= 11 is 0. The van der Waals surface area contributed by atoms with Gasteiger partial charge in [-0.3, -0.25) is 15.1 Å². The summed E-state index contributed by atoms with van der Waals surface area (Å²) in [6.45, 7) is 20.0. The van der Waals surface area contributed by atoms with E-state index >= 15 is 0 Å². The van der Waals surface area contributed by atoms with Gasteiger partial charge in [-0.15, -0.1) is 0 Å². The molecule has 1 saturated carbocycles. The summed E-state index contributed by atoms with van der Waals surface area (Å²) in [5.74, 6) is 1.29. The molecule has 52 heavy (non-hydrogen) atoms. The third-order valence-corrected chi connectivity index (χ3v) is 9.49. The van der Waals surface area contributed by atoms with E-state index in [0.29, 0.717) is 11.5 Å². The third kappa shape index (κ3) is 15.8. The number of methoxy groups -OCH3 is 1. The fourth-order valence-corrected chi connectivity index (χ4v) is 6.35. The maximum atomic E-state index is 13.3. The first kappa shape index (κ1) is 48.8. The number of aryl methyl sites for hydroxylation is 3. The molecule has 1 aromatic carbocycles. The molecule has 1 aliphatic carbocycles. The summed E-state index contributed by atoms with van der Waals surface area (Å²) in [6.07, 6.45) is 17.5. The quantitative estimate of drug-likeness (QED) is 0.169. The molecule has 0 saturated heterocycles. The van der Waals surface area contributed by atoms with Crippen molar-refractivity contribution in [3.8, 4) is 0 Å². The Balaban J connectivity index is 0.00000113. The predicted octanol–water partition coefficient (Wildman–Crippen LogP) is 11.4. The summed E-state index contributed by atoms with van der Waals surface area (Å²) in [5, 5.41) is 2.99. The number of quaternary nitrogens is 1. The minimum absolute atomic E-state index is 0.200. The number of nitrogens with one attached hydrogen (secondary N) is 1. The summed E-state index contributed by atoms with van der Waals surface area (Å²) in [5.41, 5.74) is 10.8. The monoisotopic (exact) mass is 724 g/mol. The van der Waals surface area contributed by atoms with E-state index in [0.717, 1.165) is 63.2 Å². The topological polar surface area (TPSA) is 95.1 Å². The molecule has 8 nitrogen and oxygen atoms in total. The first-order chi connectivity index (χ1) is 25.0. The molecule has 296 valence electrons. The number of rotatable bonds is 9. The van der Waals surface area contributed by atoms with Gasteiger partial charge in [0, 0.05) is 24.7 Å². The highest BCUT2D eigenvalue weighted by Crippen LogP contribution is 2.36. The minimum Gasteiger partial charge on any atom is -0.500 e. The number of unbranched alkanes of at least 4 members (excludes halogenated alkanes) is 4. The largest absolute Gasteiger partial charge is 0.500 e. The number of aromatic nitrogens is 3. The molecule has 5 rings (SSSR count). The Kier molecular flexibility index (Phi) is 25.7. The number of ether oxygens (including phenoxy) is 1. The average molecular weight is 724 g/mol. The van der Waals surface area contributed by atoms with Gasteiger partial charge >= 0.3 is 0 Å². The number of nitrogens with two attached hydrogens (primary N) is 1. The van der Waals surface area contributed by atoms with Crippen LogP contribution in [0.2, 0.25) is 0 Å². The number of hydrogen-bond donors (Lipinski definition) is 2. The summed E-state index contributed by atoms with van der Waals surface area (Å²) < 4.78 is 8.58. The fraction of sp³-hybridized carbons (Fsp3) is 0.659. The lowest BCUT2D eigenvalue weighted by molar-refractivity contribution is -0.908. The van der Waals surface area contributed by atoms with Gasteiger partial charge in [-0.1, -0.05) is 125 Å². The first-order valence-corrected chi connectivity index (χ1v) is 20.4. The van der Waals surface area contributed by atoms with Gasteiger partial charge in [0.15, 0.2) is 0 Å². The number of imidazole rings is 1. The number of carbonyl (C=O) groups is 1. The maximum Gasteiger partial charge on any atom is 0.258 e. The third-order valence-electron chi connectivity index (χ3n) is 9.49. The van der Waals surface area contributed by atoms with E-state index in [-0.39, 0.29) is 11.9 Å². The standard InChI is InChI=1S/C26H33N5O2.C6H14.C5H10.C4H10.C2H6.CH5N/c1-8-22-24(23(33-7)11-12-31(22,5)6)20-15-18(14-17(3)27-20)25(32)29-26-28-19-10-9-16(2)13-21(19)30(26)4;1-3-5-6-4-2;1-2-4-5-3-1;1-3-4-2;2*1-2/h9-10,13-15,22H,8,11-12H2,1-7H3;3-6H2,1-2H3;1-5H2;3-4H2,1-2H3;1-2H3;2H2,1H3/p+1. The molecule has 1 amide bonds. The van der Waals surface area contributed by atoms with E-state index in [1.807, 2.05) is 63.6 Å². The number of carbonyl (C=O) groups excluding carboxylic acids is 1. The van der Waals surface area contributed by atoms with Crippen molar-refractivity contribution in [3.63, 3.8) is 0 Å². The molecule has 0 radical (unpaired) electrons. The van der Waals surface area contributed by atoms with E-state index in [2.05, 4.69) is 70.8 Å². The fourth-order valence-electron chi connectivity index (χ4n) is 6.35. The Morgan fingerprint density at radius 2 is 1.44 bits per heavy atom. The normalized spacial score (nSPS) is 15.6. The zero-order chi connectivity index (χ0) is 39.7. The minimum atomic E-state index is -0.200. The van der Waals surface area contributed by atoms with Crippen LogP contribution in [0.4, 0.5) is 5.95 Å². The van der Waals surface area contributed by atoms with Gasteiger partial charge in [0.2, 0.25) is 5.95 Å². The van der Waals surface area contributed by atoms with E-state index in [1.165, 1.54) is 77.7 Å². The van der Waals surface area contributed by atoms with Crippen LogP contribution in [0.25, 0.3) is 16.6 Å². The Labute approximate surface area is 319 Å². The van der Waals surface area contributed by atoms with Crippen LogP contribution in [-0.4, -0.2) is 65.8 Å². The van der Waals surface area contributed by atoms with E-state index in [4.69, 9.17) is 9.72 Å². The molecular weight excluding hydrogens is 645 g/mol. The number of anilines is 1. The molecule has 2 aromatic heterocycles. The van der Waals surface area contributed by atoms with Crippen LogP contribution in [0.3, 0.4) is 0 Å². The molecular formula is C44H79N6O2+. The molecule has 0 spiro atoms. The van der Waals surface area contributed by atoms with Crippen molar-refractivity contribution in [1.82, 2.24) is 14.5 Å². The number of benzene rings is 1. The van der Waals surface area contributed by atoms with Crippen molar-refractivity contribution >= 4 is 28.5 Å². The number of nitrogens with zero attached hydrogens (tertiary/aromatic N) is 4. The van der Waals surface area contributed by atoms with Crippen LogP contribution in [0, 0.1) is 13.8 Å². The lowest BCUT2D eigenvalue weighted by atomic mass is 9.90. The van der Waals surface area contributed by atoms with Crippen LogP contribution in [0.5, 0.6) is 0 Å². The lowest BCUT2D eigenvalue weighted by Gasteiger charge is -2.42. The zero-order valence-corrected chi connectivity index (χ0v) is 36.0. The molecule has 1 aliphatic heterocycles. The highest BCUT2D eigenvalue weighted by molar-refractivity contribution is 6.04. The van der Waals surface area contributed by atoms with Gasteiger partial charge in [-0.2, -0.15) is 0 Å². The van der Waals surface area contributed by atoms with Gasteiger partial charge in [0.1, 0.15) is 11.8 Å². The van der Waals surface area contributed by atoms with Gasteiger partial charge in [-0.05, 0) is 50.7 Å². The first-order valence-electron chi connectivity index (χ1n) is 20.4. The Morgan fingerprint density at radius 3 is 1.92 bits per heavy atom. The van der Waals surface area contributed by atoms with Crippen molar-refractivity contribution in [2.75, 3.05) is 40.1 Å². The van der Waals surface area contributed by atoms with Crippen LogP contribution in [0.1, 0.15) is 159 Å². The number of pyridine rings is 1. The molecule has 8 heteroatoms. The smallest absolute Gasteiger partial charge is 0.258 e. The Bertz CT molecular complexity index is 1420. The molecule has 1 atom stereocenters. The van der Waals surface area contributed by atoms with Gasteiger partial charge in [-0.25, -0.2) is 4.98 Å². The van der Waals surface area contributed by atoms with Crippen molar-refractivity contribution in [2.45, 2.75) is 152 Å². The summed E-state index contributed by atoms with van der Waals surface area (Å²) in [6, 6.07) is 10.0. The molecule has 3 N–H and O–H groups in total. The van der Waals surface area contributed by atoms with Gasteiger partial charge in [0.25, 0.3) is 5.91 Å². The molecule has 2 aliphatic rings. The van der Waals surface area contributed by atoms with Crippen molar-refractivity contribution < 1.29 is 14.0 Å². The lowest BCUT2D eigenvalue weighted by Crippen LogP contribution is -2.52. The van der Waals surface area contributed by atoms with E-state index in [9.17, 15) is 4.79 Å². The van der Waals surface area contributed by atoms with Gasteiger partial charge < -0.3 is 19.5 Å². The highest BCUT2D eigenvalue weighted by atomic mass is 16.5. The predicted molar refractivity (Wildman–Crippen MR) is 227 cm³/mol. The van der Waals surface area contributed by atoms with E-state index in [1.54, 1.807) is 7.11 Å². The number of hydrogen-bond acceptors (Lipinski definition) is 5. The zero-order valence-electron chi connectivity index (χ0n) is 36.0. The maximum absolute atomic E-state index is 13.3.